The van der Waals surface area contributed by atoms with Crippen LogP contribution in [-0.2, 0) is 14.3 Å². The molecule has 1 aromatic heterocycles. The highest BCUT2D eigenvalue weighted by molar-refractivity contribution is 9.11. The van der Waals surface area contributed by atoms with Gasteiger partial charge in [0.15, 0.2) is 17.2 Å². The van der Waals surface area contributed by atoms with Crippen LogP contribution in [0.1, 0.15) is 18.2 Å². The van der Waals surface area contributed by atoms with E-state index in [2.05, 4.69) is 20.9 Å². The molecule has 0 radical (unpaired) electrons. The van der Waals surface area contributed by atoms with Crippen LogP contribution in [0.5, 0.6) is 0 Å². The molecule has 0 aromatic carbocycles. The fourth-order valence-electron chi connectivity index (χ4n) is 2.75. The Morgan fingerprint density at radius 2 is 2.11 bits per heavy atom. The van der Waals surface area contributed by atoms with Crippen molar-refractivity contribution in [1.29, 1.82) is 0 Å². The van der Waals surface area contributed by atoms with E-state index in [4.69, 9.17) is 27.9 Å². The van der Waals surface area contributed by atoms with E-state index in [0.29, 0.717) is 0 Å². The number of aliphatic hydroxyl groups excluding tert-OH is 1. The summed E-state index contributed by atoms with van der Waals surface area (Å²) in [5.41, 5.74) is -3.76. The number of rotatable bonds is 7. The molecular weight excluding hydrogens is 471 g/mol. The van der Waals surface area contributed by atoms with Gasteiger partial charge in [0.1, 0.15) is 18.4 Å². The fraction of sp³-hybridized carbons (Fsp3) is 0.467. The smallest absolute Gasteiger partial charge is 0.330 e. The first-order chi connectivity index (χ1) is 12.7. The predicted molar refractivity (Wildman–Crippen MR) is 100 cm³/mol. The zero-order valence-corrected chi connectivity index (χ0v) is 16.7. The molecule has 0 saturated carbocycles. The molecule has 1 aromatic rings. The molecule has 0 bridgehead atoms. The van der Waals surface area contributed by atoms with E-state index < -0.39 is 65.0 Å². The zero-order valence-electron chi connectivity index (χ0n) is 13.6. The summed E-state index contributed by atoms with van der Waals surface area (Å²) >= 11 is 14.0. The van der Waals surface area contributed by atoms with Crippen molar-refractivity contribution in [3.63, 3.8) is 0 Å². The molecule has 2 heterocycles. The lowest BCUT2D eigenvalue weighted by Gasteiger charge is -2.28. The average Bonchev–Trinajstić information content (AvgIpc) is 3.00. The molecule has 3 N–H and O–H groups in total. The first kappa shape index (κ1) is 22.0. The molecular formula is C15H15BrCl2N2O7. The second-order valence-corrected chi connectivity index (χ2v) is 6.85. The van der Waals surface area contributed by atoms with Crippen LogP contribution in [0.15, 0.2) is 20.8 Å². The van der Waals surface area contributed by atoms with Gasteiger partial charge in [-0.1, -0.05) is 15.9 Å². The van der Waals surface area contributed by atoms with E-state index in [0.717, 1.165) is 10.8 Å². The van der Waals surface area contributed by atoms with Crippen molar-refractivity contribution in [2.24, 2.45) is 0 Å². The number of aromatic amines is 1. The second kappa shape index (κ2) is 8.80. The molecule has 0 amide bonds. The van der Waals surface area contributed by atoms with Crippen molar-refractivity contribution in [1.82, 2.24) is 9.55 Å². The molecule has 0 spiro atoms. The molecule has 27 heavy (non-hydrogen) atoms. The normalized spacial score (nSPS) is 26.4. The number of H-pyrrole nitrogens is 1. The number of nitrogens with one attached hydrogen (secondary N) is 1. The quantitative estimate of drug-likeness (QED) is 0.458. The summed E-state index contributed by atoms with van der Waals surface area (Å²) in [5, 5.41) is 20.9. The molecule has 1 aliphatic rings. The van der Waals surface area contributed by atoms with Gasteiger partial charge in [-0.05, 0) is 11.1 Å². The van der Waals surface area contributed by atoms with E-state index in [1.54, 1.807) is 0 Å². The van der Waals surface area contributed by atoms with E-state index in [1.807, 2.05) is 0 Å². The Balaban J connectivity index is 2.51. The lowest BCUT2D eigenvalue weighted by Crippen LogP contribution is -2.54. The number of carbonyl (C=O) groups is 2. The number of alkyl halides is 2. The van der Waals surface area contributed by atoms with Crippen LogP contribution in [-0.4, -0.2) is 60.9 Å². The summed E-state index contributed by atoms with van der Waals surface area (Å²) in [5.74, 6) is -2.95. The van der Waals surface area contributed by atoms with Crippen molar-refractivity contribution in [2.45, 2.75) is 30.5 Å². The maximum atomic E-state index is 12.2. The Kier molecular flexibility index (Phi) is 7.17. The molecule has 1 unspecified atom stereocenters. The number of carbonyl (C=O) groups excluding carboxylic acids is 2. The summed E-state index contributed by atoms with van der Waals surface area (Å²) in [6.45, 7) is 0. The SMILES string of the molecule is O=C(CCl)C(O)[C@H]1O[C@@H](n2cc(/C=C/Br)c(=O)[nH]c2=O)C[C@@]1(O)C(=O)CCl. The van der Waals surface area contributed by atoms with Crippen molar-refractivity contribution < 1.29 is 24.5 Å². The minimum absolute atomic E-state index is 0.0862. The molecule has 2 rings (SSSR count). The van der Waals surface area contributed by atoms with Crippen LogP contribution in [0.4, 0.5) is 0 Å². The molecule has 1 fully saturated rings. The van der Waals surface area contributed by atoms with Gasteiger partial charge in [0.2, 0.25) is 0 Å². The number of halogens is 3. The summed E-state index contributed by atoms with van der Waals surface area (Å²) in [6.07, 6.45) is -2.80. The van der Waals surface area contributed by atoms with Crippen LogP contribution in [0, 0.1) is 0 Å². The van der Waals surface area contributed by atoms with E-state index in [1.165, 1.54) is 11.1 Å². The van der Waals surface area contributed by atoms with Gasteiger partial charge in [0.25, 0.3) is 5.56 Å². The largest absolute Gasteiger partial charge is 0.382 e. The number of Topliss-reactive ketones (excluding diaryl/α,β-unsaturated/α-hetero) is 2. The van der Waals surface area contributed by atoms with Gasteiger partial charge < -0.3 is 14.9 Å². The Morgan fingerprint density at radius 3 is 2.67 bits per heavy atom. The highest BCUT2D eigenvalue weighted by atomic mass is 79.9. The van der Waals surface area contributed by atoms with Gasteiger partial charge in [-0.2, -0.15) is 0 Å². The van der Waals surface area contributed by atoms with Crippen molar-refractivity contribution >= 4 is 56.8 Å². The Morgan fingerprint density at radius 1 is 1.44 bits per heavy atom. The minimum Gasteiger partial charge on any atom is -0.382 e. The monoisotopic (exact) mass is 484 g/mol. The summed E-state index contributed by atoms with van der Waals surface area (Å²) in [7, 11) is 0. The van der Waals surface area contributed by atoms with E-state index >= 15 is 0 Å². The zero-order chi connectivity index (χ0) is 20.4. The highest BCUT2D eigenvalue weighted by Gasteiger charge is 2.56. The predicted octanol–water partition coefficient (Wildman–Crippen LogP) is -0.102. The summed E-state index contributed by atoms with van der Waals surface area (Å²) < 4.78 is 6.41. The van der Waals surface area contributed by atoms with Crippen molar-refractivity contribution in [3.05, 3.63) is 37.6 Å². The number of ether oxygens (including phenoxy) is 1. The molecule has 12 heteroatoms. The molecule has 1 aliphatic heterocycles. The molecule has 148 valence electrons. The molecule has 0 aliphatic carbocycles. The lowest BCUT2D eigenvalue weighted by atomic mass is 9.86. The molecule has 4 atom stereocenters. The van der Waals surface area contributed by atoms with Gasteiger partial charge in [0, 0.05) is 12.6 Å². The van der Waals surface area contributed by atoms with E-state index in [9.17, 15) is 29.4 Å². The number of ketones is 2. The standard InChI is InChI=1S/C15H15BrCl2N2O7/c16-2-1-7-6-20(14(25)19-13(7)24)10-3-15(26,9(22)5-18)12(27-10)11(23)8(21)4-17/h1-2,6,10-12,23,26H,3-5H2,(H,19,24,25)/b2-1+/t10-,11?,12-,15-/m1/s1. The Labute approximate surface area is 170 Å². The van der Waals surface area contributed by atoms with Crippen molar-refractivity contribution in [3.8, 4) is 0 Å². The lowest BCUT2D eigenvalue weighted by molar-refractivity contribution is -0.158. The minimum atomic E-state index is -2.32. The third-order valence-corrected chi connectivity index (χ3v) is 4.93. The topological polar surface area (TPSA) is 139 Å². The van der Waals surface area contributed by atoms with Gasteiger partial charge in [-0.3, -0.25) is 23.9 Å². The van der Waals surface area contributed by atoms with Crippen LogP contribution >= 0.6 is 39.1 Å². The first-order valence-corrected chi connectivity index (χ1v) is 9.54. The highest BCUT2D eigenvalue weighted by Crippen LogP contribution is 2.39. The van der Waals surface area contributed by atoms with Gasteiger partial charge >= 0.3 is 5.69 Å². The van der Waals surface area contributed by atoms with Crippen LogP contribution in [0.2, 0.25) is 0 Å². The van der Waals surface area contributed by atoms with E-state index in [-0.39, 0.29) is 5.56 Å². The fourth-order valence-corrected chi connectivity index (χ4v) is 3.42. The first-order valence-electron chi connectivity index (χ1n) is 7.55. The third kappa shape index (κ3) is 4.25. The van der Waals surface area contributed by atoms with Gasteiger partial charge in [0.05, 0.1) is 17.3 Å². The Hall–Kier alpha value is -1.30. The maximum Gasteiger partial charge on any atom is 0.330 e. The number of nitrogens with zero attached hydrogens (tertiary/aromatic N) is 1. The second-order valence-electron chi connectivity index (χ2n) is 5.78. The van der Waals surface area contributed by atoms with Crippen LogP contribution < -0.4 is 11.2 Å². The average molecular weight is 486 g/mol. The molecule has 1 saturated heterocycles. The number of hydrogen-bond acceptors (Lipinski definition) is 7. The maximum absolute atomic E-state index is 12.2. The number of aromatic nitrogens is 2. The third-order valence-electron chi connectivity index (χ3n) is 4.16. The number of hydrogen-bond donors (Lipinski definition) is 3. The van der Waals surface area contributed by atoms with Crippen LogP contribution in [0.25, 0.3) is 6.08 Å². The molecule has 9 nitrogen and oxygen atoms in total. The van der Waals surface area contributed by atoms with Gasteiger partial charge in [-0.15, -0.1) is 23.2 Å². The summed E-state index contributed by atoms with van der Waals surface area (Å²) in [6, 6.07) is 0. The number of aliphatic hydroxyl groups is 2. The summed E-state index contributed by atoms with van der Waals surface area (Å²) in [4.78, 5) is 51.3. The van der Waals surface area contributed by atoms with Gasteiger partial charge in [-0.25, -0.2) is 4.79 Å². The van der Waals surface area contributed by atoms with Crippen LogP contribution in [0.3, 0.4) is 0 Å². The van der Waals surface area contributed by atoms with Crippen molar-refractivity contribution in [2.75, 3.05) is 11.8 Å². The Bertz CT molecular complexity index is 884.